The Balaban J connectivity index is 1.52. The molecule has 0 amide bonds. The Labute approximate surface area is 195 Å². The normalized spacial score (nSPS) is 13.4. The molecule has 178 valence electrons. The van der Waals surface area contributed by atoms with E-state index in [0.29, 0.717) is 12.8 Å². The van der Waals surface area contributed by atoms with Gasteiger partial charge in [0.25, 0.3) is 0 Å². The largest absolute Gasteiger partial charge is 0.573 e. The number of rotatable bonds is 7. The minimum atomic E-state index is -5.00. The van der Waals surface area contributed by atoms with Gasteiger partial charge in [0.15, 0.2) is 11.6 Å². The molecule has 0 unspecified atom stereocenters. The Bertz CT molecular complexity index is 1190. The maximum absolute atomic E-state index is 14.9. The average molecular weight is 472 g/mol. The van der Waals surface area contributed by atoms with Gasteiger partial charge < -0.3 is 4.74 Å². The standard InChI is InChI=1S/C28H25F5O/c1-2-3-4-5-18-6-8-19(9-7-18)20-10-11-21-15-24(25(29)17-23(21)14-20)22-12-13-27(26(30)16-22)34-28(31,32)33/h6-10,12-13,15-17H,2-5,11,14H2,1H3. The molecule has 0 saturated carbocycles. The van der Waals surface area contributed by atoms with Gasteiger partial charge >= 0.3 is 6.36 Å². The number of unbranched alkanes of at least 4 members (excludes halogenated alkanes) is 2. The number of hydrogen-bond acceptors (Lipinski definition) is 1. The van der Waals surface area contributed by atoms with Crippen LogP contribution in [0.2, 0.25) is 0 Å². The van der Waals surface area contributed by atoms with Crippen molar-refractivity contribution in [2.45, 2.75) is 51.8 Å². The number of benzene rings is 3. The highest BCUT2D eigenvalue weighted by atomic mass is 19.4. The molecular weight excluding hydrogens is 447 g/mol. The summed E-state index contributed by atoms with van der Waals surface area (Å²) in [6.45, 7) is 2.18. The molecule has 0 atom stereocenters. The molecular formula is C28H25F5O. The predicted molar refractivity (Wildman–Crippen MR) is 124 cm³/mol. The average Bonchev–Trinajstić information content (AvgIpc) is 2.79. The van der Waals surface area contributed by atoms with E-state index in [1.165, 1.54) is 37.0 Å². The molecule has 0 bridgehead atoms. The van der Waals surface area contributed by atoms with Crippen LogP contribution in [-0.2, 0) is 19.3 Å². The molecule has 34 heavy (non-hydrogen) atoms. The molecule has 1 nitrogen and oxygen atoms in total. The second-order valence-electron chi connectivity index (χ2n) is 8.56. The van der Waals surface area contributed by atoms with Crippen LogP contribution in [0.25, 0.3) is 16.7 Å². The predicted octanol–water partition coefficient (Wildman–Crippen LogP) is 8.45. The summed E-state index contributed by atoms with van der Waals surface area (Å²) in [6, 6.07) is 14.5. The Kier molecular flexibility index (Phi) is 7.05. The molecule has 0 aliphatic heterocycles. The van der Waals surface area contributed by atoms with E-state index in [4.69, 9.17) is 0 Å². The summed E-state index contributed by atoms with van der Waals surface area (Å²) in [6.07, 6.45) is 2.92. The van der Waals surface area contributed by atoms with E-state index in [0.717, 1.165) is 40.8 Å². The molecule has 0 spiro atoms. The zero-order chi connectivity index (χ0) is 24.3. The van der Waals surface area contributed by atoms with Crippen molar-refractivity contribution >= 4 is 5.57 Å². The van der Waals surface area contributed by atoms with Gasteiger partial charge in [0, 0.05) is 5.56 Å². The van der Waals surface area contributed by atoms with Crippen molar-refractivity contribution in [1.29, 1.82) is 0 Å². The summed E-state index contributed by atoms with van der Waals surface area (Å²) < 4.78 is 69.9. The van der Waals surface area contributed by atoms with Gasteiger partial charge in [-0.1, -0.05) is 56.2 Å². The molecule has 6 heteroatoms. The zero-order valence-electron chi connectivity index (χ0n) is 18.8. The molecule has 0 N–H and O–H groups in total. The zero-order valence-corrected chi connectivity index (χ0v) is 18.8. The van der Waals surface area contributed by atoms with E-state index in [1.54, 1.807) is 6.07 Å². The molecule has 0 aromatic heterocycles. The Morgan fingerprint density at radius 2 is 1.56 bits per heavy atom. The Morgan fingerprint density at radius 1 is 0.824 bits per heavy atom. The quantitative estimate of drug-likeness (QED) is 0.248. The third-order valence-electron chi connectivity index (χ3n) is 6.10. The smallest absolute Gasteiger partial charge is 0.403 e. The van der Waals surface area contributed by atoms with Crippen LogP contribution >= 0.6 is 0 Å². The van der Waals surface area contributed by atoms with E-state index in [1.807, 2.05) is 0 Å². The van der Waals surface area contributed by atoms with E-state index in [9.17, 15) is 22.0 Å². The van der Waals surface area contributed by atoms with Crippen molar-refractivity contribution in [2.24, 2.45) is 0 Å². The van der Waals surface area contributed by atoms with Crippen molar-refractivity contribution < 1.29 is 26.7 Å². The molecule has 0 heterocycles. The lowest BCUT2D eigenvalue weighted by molar-refractivity contribution is -0.275. The second kappa shape index (κ2) is 10.00. The first-order chi connectivity index (χ1) is 16.2. The number of halogens is 5. The molecule has 0 radical (unpaired) electrons. The number of ether oxygens (including phenoxy) is 1. The van der Waals surface area contributed by atoms with Gasteiger partial charge in [-0.2, -0.15) is 0 Å². The molecule has 4 rings (SSSR count). The number of fused-ring (bicyclic) bond motifs is 1. The van der Waals surface area contributed by atoms with Crippen molar-refractivity contribution in [1.82, 2.24) is 0 Å². The summed E-state index contributed by atoms with van der Waals surface area (Å²) in [4.78, 5) is 0. The minimum absolute atomic E-state index is 0.143. The highest BCUT2D eigenvalue weighted by Crippen LogP contribution is 2.35. The lowest BCUT2D eigenvalue weighted by Crippen LogP contribution is -2.17. The number of aryl methyl sites for hydroxylation is 1. The first-order valence-corrected chi connectivity index (χ1v) is 11.4. The van der Waals surface area contributed by atoms with Crippen LogP contribution in [0.1, 0.15) is 48.4 Å². The lowest BCUT2D eigenvalue weighted by atomic mass is 9.86. The van der Waals surface area contributed by atoms with E-state index in [-0.39, 0.29) is 11.1 Å². The molecule has 1 aliphatic rings. The first-order valence-electron chi connectivity index (χ1n) is 11.4. The summed E-state index contributed by atoms with van der Waals surface area (Å²) in [5.41, 5.74) is 5.60. The van der Waals surface area contributed by atoms with Gasteiger partial charge in [-0.15, -0.1) is 13.2 Å². The Hall–Kier alpha value is -3.15. The van der Waals surface area contributed by atoms with Crippen LogP contribution in [0.3, 0.4) is 0 Å². The highest BCUT2D eigenvalue weighted by Gasteiger charge is 2.32. The fraction of sp³-hybridized carbons (Fsp3) is 0.286. The fourth-order valence-electron chi connectivity index (χ4n) is 4.31. The third-order valence-corrected chi connectivity index (χ3v) is 6.10. The molecule has 0 fully saturated rings. The van der Waals surface area contributed by atoms with E-state index in [2.05, 4.69) is 42.0 Å². The molecule has 3 aromatic rings. The number of hydrogen-bond donors (Lipinski definition) is 0. The number of allylic oxidation sites excluding steroid dienone is 2. The summed E-state index contributed by atoms with van der Waals surface area (Å²) >= 11 is 0. The van der Waals surface area contributed by atoms with Gasteiger partial charge in [-0.3, -0.25) is 0 Å². The maximum Gasteiger partial charge on any atom is 0.573 e. The van der Waals surface area contributed by atoms with E-state index >= 15 is 0 Å². The highest BCUT2D eigenvalue weighted by molar-refractivity contribution is 5.73. The van der Waals surface area contributed by atoms with Gasteiger partial charge in [0.05, 0.1) is 0 Å². The van der Waals surface area contributed by atoms with Gasteiger partial charge in [0.1, 0.15) is 5.82 Å². The van der Waals surface area contributed by atoms with Crippen LogP contribution in [0.15, 0.2) is 60.7 Å². The van der Waals surface area contributed by atoms with Crippen LogP contribution in [0.4, 0.5) is 22.0 Å². The summed E-state index contributed by atoms with van der Waals surface area (Å²) in [7, 11) is 0. The monoisotopic (exact) mass is 472 g/mol. The molecule has 3 aromatic carbocycles. The lowest BCUT2D eigenvalue weighted by Gasteiger charge is -2.20. The van der Waals surface area contributed by atoms with E-state index < -0.39 is 23.7 Å². The van der Waals surface area contributed by atoms with Crippen molar-refractivity contribution in [2.75, 3.05) is 0 Å². The van der Waals surface area contributed by atoms with Crippen LogP contribution in [0, 0.1) is 11.6 Å². The minimum Gasteiger partial charge on any atom is -0.403 e. The van der Waals surface area contributed by atoms with Crippen LogP contribution < -0.4 is 4.74 Å². The Morgan fingerprint density at radius 3 is 2.24 bits per heavy atom. The van der Waals surface area contributed by atoms with Crippen molar-refractivity contribution in [3.63, 3.8) is 0 Å². The SMILES string of the molecule is CCCCCc1ccc(C2=CCc3cc(-c4ccc(OC(F)(F)F)c(F)c4)c(F)cc3C2)cc1. The molecule has 1 aliphatic carbocycles. The van der Waals surface area contributed by atoms with Gasteiger partial charge in [0.2, 0.25) is 0 Å². The third kappa shape index (κ3) is 5.66. The summed E-state index contributed by atoms with van der Waals surface area (Å²) in [5.74, 6) is -2.69. The fourth-order valence-corrected chi connectivity index (χ4v) is 4.31. The van der Waals surface area contributed by atoms with Crippen molar-refractivity contribution in [3.8, 4) is 16.9 Å². The van der Waals surface area contributed by atoms with Crippen molar-refractivity contribution in [3.05, 3.63) is 94.6 Å². The van der Waals surface area contributed by atoms with Gasteiger partial charge in [-0.25, -0.2) is 8.78 Å². The maximum atomic E-state index is 14.9. The summed E-state index contributed by atoms with van der Waals surface area (Å²) in [5, 5.41) is 0. The topological polar surface area (TPSA) is 9.23 Å². The van der Waals surface area contributed by atoms with Crippen LogP contribution in [0.5, 0.6) is 5.75 Å². The second-order valence-corrected chi connectivity index (χ2v) is 8.56. The van der Waals surface area contributed by atoms with Gasteiger partial charge in [-0.05, 0) is 83.3 Å². The first kappa shape index (κ1) is 24.0. The molecule has 0 saturated heterocycles. The number of alkyl halides is 3. The van der Waals surface area contributed by atoms with Crippen LogP contribution in [-0.4, -0.2) is 6.36 Å².